The van der Waals surface area contributed by atoms with Crippen LogP contribution in [-0.4, -0.2) is 52.3 Å². The van der Waals surface area contributed by atoms with Crippen LogP contribution in [0.1, 0.15) is 64.6 Å². The van der Waals surface area contributed by atoms with Crippen molar-refractivity contribution >= 4 is 17.9 Å². The van der Waals surface area contributed by atoms with Crippen LogP contribution in [0.5, 0.6) is 0 Å². The van der Waals surface area contributed by atoms with E-state index in [0.717, 1.165) is 29.7 Å². The fraction of sp³-hybridized carbons (Fsp3) is 0.429. The van der Waals surface area contributed by atoms with E-state index in [-0.39, 0.29) is 31.8 Å². The smallest absolute Gasteiger partial charge is 0.407 e. The molecular formula is C35H46N4O5. The second kappa shape index (κ2) is 16.7. The average Bonchev–Trinajstić information content (AvgIpc) is 3.00. The van der Waals surface area contributed by atoms with Gasteiger partial charge in [0.2, 0.25) is 11.8 Å². The van der Waals surface area contributed by atoms with Crippen LogP contribution >= 0.6 is 0 Å². The molecule has 4 N–H and O–H groups in total. The van der Waals surface area contributed by atoms with Crippen molar-refractivity contribution in [2.75, 3.05) is 13.2 Å². The summed E-state index contributed by atoms with van der Waals surface area (Å²) in [6.07, 6.45) is 2.16. The number of nitrogens with one attached hydrogen (secondary N) is 3. The van der Waals surface area contributed by atoms with Gasteiger partial charge in [0.15, 0.2) is 0 Å². The Bertz CT molecular complexity index is 1340. The van der Waals surface area contributed by atoms with Crippen molar-refractivity contribution in [2.45, 2.75) is 77.5 Å². The Labute approximate surface area is 260 Å². The van der Waals surface area contributed by atoms with Crippen LogP contribution in [0, 0.1) is 5.92 Å². The zero-order valence-corrected chi connectivity index (χ0v) is 26.3. The van der Waals surface area contributed by atoms with Gasteiger partial charge in [0.25, 0.3) is 0 Å². The molecule has 2 aromatic carbocycles. The molecule has 0 aliphatic heterocycles. The number of aliphatic hydroxyl groups is 1. The van der Waals surface area contributed by atoms with Gasteiger partial charge in [0.05, 0.1) is 11.4 Å². The minimum atomic E-state index is -1.50. The molecule has 1 aromatic heterocycles. The number of pyridine rings is 1. The first-order valence-corrected chi connectivity index (χ1v) is 15.3. The van der Waals surface area contributed by atoms with Gasteiger partial charge in [-0.1, -0.05) is 86.5 Å². The number of hydrogen-bond donors (Lipinski definition) is 4. The maximum atomic E-state index is 14.2. The molecule has 2 atom stereocenters. The van der Waals surface area contributed by atoms with E-state index in [2.05, 4.69) is 16.0 Å². The number of nitrogens with zero attached hydrogens (tertiary/aromatic N) is 1. The molecule has 0 aliphatic carbocycles. The Kier molecular flexibility index (Phi) is 13.0. The number of carbonyl (C=O) groups excluding carboxylic acids is 3. The summed E-state index contributed by atoms with van der Waals surface area (Å²) in [6.45, 7) is 6.93. The monoisotopic (exact) mass is 602 g/mol. The number of imide groups is 1. The highest BCUT2D eigenvalue weighted by Gasteiger charge is 2.46. The lowest BCUT2D eigenvalue weighted by Crippen LogP contribution is -2.66. The van der Waals surface area contributed by atoms with Crippen molar-refractivity contribution in [1.82, 2.24) is 20.9 Å². The van der Waals surface area contributed by atoms with Crippen molar-refractivity contribution in [1.29, 1.82) is 0 Å². The van der Waals surface area contributed by atoms with Crippen molar-refractivity contribution in [2.24, 2.45) is 5.92 Å². The third kappa shape index (κ3) is 10.6. The molecule has 0 radical (unpaired) electrons. The number of rotatable bonds is 15. The Morgan fingerprint density at radius 1 is 0.909 bits per heavy atom. The number of aromatic nitrogens is 1. The van der Waals surface area contributed by atoms with Gasteiger partial charge in [-0.25, -0.2) is 4.79 Å². The first kappa shape index (κ1) is 34.4. The predicted octanol–water partition coefficient (Wildman–Crippen LogP) is 5.18. The van der Waals surface area contributed by atoms with E-state index in [1.165, 1.54) is 0 Å². The summed E-state index contributed by atoms with van der Waals surface area (Å²) in [5.74, 6) is -1.80. The largest absolute Gasteiger partial charge is 0.444 e. The topological polar surface area (TPSA) is 130 Å². The van der Waals surface area contributed by atoms with Gasteiger partial charge in [0.1, 0.15) is 11.1 Å². The first-order chi connectivity index (χ1) is 21.1. The van der Waals surface area contributed by atoms with E-state index in [9.17, 15) is 19.5 Å². The Hall–Kier alpha value is -4.08. The SMILES string of the molecule is CCCCCC(=O)NC(=O)[C@](Cc1ccccc1)(NCc1cccc(-c2ccccc2)n1)C(CO)CNC(=O)OC(C)(C)C. The first-order valence-electron chi connectivity index (χ1n) is 15.3. The lowest BCUT2D eigenvalue weighted by Gasteiger charge is -2.40. The van der Waals surface area contributed by atoms with Crippen LogP contribution < -0.4 is 16.0 Å². The van der Waals surface area contributed by atoms with Crippen LogP contribution in [-0.2, 0) is 27.3 Å². The zero-order valence-electron chi connectivity index (χ0n) is 26.3. The van der Waals surface area contributed by atoms with Gasteiger partial charge >= 0.3 is 6.09 Å². The number of hydrogen-bond acceptors (Lipinski definition) is 7. The molecule has 0 fully saturated rings. The fourth-order valence-corrected chi connectivity index (χ4v) is 4.96. The van der Waals surface area contributed by atoms with Gasteiger partial charge in [-0.2, -0.15) is 0 Å². The fourth-order valence-electron chi connectivity index (χ4n) is 4.96. The van der Waals surface area contributed by atoms with Crippen LogP contribution in [0.4, 0.5) is 4.79 Å². The van der Waals surface area contributed by atoms with Gasteiger partial charge in [-0.3, -0.25) is 25.2 Å². The lowest BCUT2D eigenvalue weighted by molar-refractivity contribution is -0.137. The number of benzene rings is 2. The van der Waals surface area contributed by atoms with Crippen LogP contribution in [0.25, 0.3) is 11.3 Å². The second-order valence-electron chi connectivity index (χ2n) is 12.0. The van der Waals surface area contributed by atoms with E-state index < -0.39 is 35.7 Å². The van der Waals surface area contributed by atoms with Crippen molar-refractivity contribution in [3.8, 4) is 11.3 Å². The lowest BCUT2D eigenvalue weighted by atomic mass is 9.77. The third-order valence-electron chi connectivity index (χ3n) is 7.26. The summed E-state index contributed by atoms with van der Waals surface area (Å²) in [5.41, 5.74) is 0.985. The molecule has 0 saturated carbocycles. The molecule has 44 heavy (non-hydrogen) atoms. The predicted molar refractivity (Wildman–Crippen MR) is 171 cm³/mol. The van der Waals surface area contributed by atoms with Gasteiger partial charge in [-0.05, 0) is 44.9 Å². The number of ether oxygens (including phenoxy) is 1. The number of amides is 3. The molecule has 1 heterocycles. The summed E-state index contributed by atoms with van der Waals surface area (Å²) in [6, 6.07) is 24.8. The normalized spacial score (nSPS) is 13.4. The molecule has 3 rings (SSSR count). The van der Waals surface area contributed by atoms with Crippen molar-refractivity contribution < 1.29 is 24.2 Å². The molecule has 0 bridgehead atoms. The molecule has 9 nitrogen and oxygen atoms in total. The number of aliphatic hydroxyl groups excluding tert-OH is 1. The molecule has 236 valence electrons. The molecule has 0 saturated heterocycles. The van der Waals surface area contributed by atoms with Gasteiger partial charge in [-0.15, -0.1) is 0 Å². The minimum absolute atomic E-state index is 0.0832. The van der Waals surface area contributed by atoms with Crippen LogP contribution in [0.3, 0.4) is 0 Å². The Morgan fingerprint density at radius 2 is 1.59 bits per heavy atom. The average molecular weight is 603 g/mol. The highest BCUT2D eigenvalue weighted by Crippen LogP contribution is 2.26. The maximum absolute atomic E-state index is 14.2. The quantitative estimate of drug-likeness (QED) is 0.177. The molecule has 0 aliphatic rings. The standard InChI is InChI=1S/C35H46N4O5/c1-5-6-9-21-31(41)39-32(42)35(22-26-15-10-7-11-16-26,28(25-40)23-36-33(43)44-34(2,3)4)37-24-29-19-14-20-30(38-29)27-17-12-8-13-18-27/h7-8,10-20,28,37,40H,5-6,9,21-25H2,1-4H3,(H,36,43)(H,39,41,42)/t28?,35-/m1/s1. The molecule has 0 spiro atoms. The number of alkyl carbamates (subject to hydrolysis) is 1. The molecule has 3 aromatic rings. The van der Waals surface area contributed by atoms with E-state index >= 15 is 0 Å². The van der Waals surface area contributed by atoms with Gasteiger partial charge in [0, 0.05) is 44.0 Å². The summed E-state index contributed by atoms with van der Waals surface area (Å²) in [7, 11) is 0. The van der Waals surface area contributed by atoms with E-state index in [4.69, 9.17) is 9.72 Å². The van der Waals surface area contributed by atoms with Crippen molar-refractivity contribution in [3.63, 3.8) is 0 Å². The zero-order chi connectivity index (χ0) is 32.0. The summed E-state index contributed by atoms with van der Waals surface area (Å²) >= 11 is 0. The number of carbonyl (C=O) groups is 3. The highest BCUT2D eigenvalue weighted by molar-refractivity contribution is 6.00. The molecule has 1 unspecified atom stereocenters. The molecular weight excluding hydrogens is 556 g/mol. The second-order valence-corrected chi connectivity index (χ2v) is 12.0. The minimum Gasteiger partial charge on any atom is -0.444 e. The van der Waals surface area contributed by atoms with Crippen molar-refractivity contribution in [3.05, 3.63) is 90.1 Å². The Balaban J connectivity index is 1.99. The number of unbranched alkanes of at least 4 members (excludes halogenated alkanes) is 2. The molecule has 9 heteroatoms. The van der Waals surface area contributed by atoms with Crippen LogP contribution in [0.2, 0.25) is 0 Å². The highest BCUT2D eigenvalue weighted by atomic mass is 16.6. The summed E-state index contributed by atoms with van der Waals surface area (Å²) < 4.78 is 5.41. The van der Waals surface area contributed by atoms with Crippen LogP contribution in [0.15, 0.2) is 78.9 Å². The van der Waals surface area contributed by atoms with Gasteiger partial charge < -0.3 is 15.2 Å². The Morgan fingerprint density at radius 3 is 2.23 bits per heavy atom. The summed E-state index contributed by atoms with van der Waals surface area (Å²) in [5, 5.41) is 19.4. The maximum Gasteiger partial charge on any atom is 0.407 e. The molecule has 3 amide bonds. The van der Waals surface area contributed by atoms with E-state index in [1.807, 2.05) is 85.8 Å². The summed E-state index contributed by atoms with van der Waals surface area (Å²) in [4.78, 5) is 44.6. The van der Waals surface area contributed by atoms with E-state index in [1.54, 1.807) is 20.8 Å². The third-order valence-corrected chi connectivity index (χ3v) is 7.26. The van der Waals surface area contributed by atoms with E-state index in [0.29, 0.717) is 12.1 Å².